The SMILES string of the molecule is C=C(C)Cn1ccn2nccc2c1=O. The maximum Gasteiger partial charge on any atom is 0.276 e. The third-order valence-electron chi connectivity index (χ3n) is 1.98. The Hall–Kier alpha value is -1.84. The number of hydrogen-bond acceptors (Lipinski definition) is 2. The van der Waals surface area contributed by atoms with Gasteiger partial charge in [0.1, 0.15) is 5.52 Å². The summed E-state index contributed by atoms with van der Waals surface area (Å²) in [7, 11) is 0. The molecule has 0 radical (unpaired) electrons. The molecule has 0 atom stereocenters. The van der Waals surface area contributed by atoms with Gasteiger partial charge in [0, 0.05) is 18.9 Å². The van der Waals surface area contributed by atoms with Gasteiger partial charge in [-0.05, 0) is 13.0 Å². The monoisotopic (exact) mass is 189 g/mol. The molecule has 0 spiro atoms. The second-order valence-electron chi connectivity index (χ2n) is 3.35. The molecule has 14 heavy (non-hydrogen) atoms. The Morgan fingerprint density at radius 1 is 1.57 bits per heavy atom. The van der Waals surface area contributed by atoms with Gasteiger partial charge >= 0.3 is 0 Å². The molecule has 0 aromatic carbocycles. The largest absolute Gasteiger partial charge is 0.308 e. The van der Waals surface area contributed by atoms with Gasteiger partial charge in [0.15, 0.2) is 0 Å². The smallest absolute Gasteiger partial charge is 0.276 e. The lowest BCUT2D eigenvalue weighted by molar-refractivity contribution is 0.734. The van der Waals surface area contributed by atoms with Crippen LogP contribution < -0.4 is 5.56 Å². The van der Waals surface area contributed by atoms with Gasteiger partial charge in [0.25, 0.3) is 5.56 Å². The van der Waals surface area contributed by atoms with Crippen molar-refractivity contribution in [2.75, 3.05) is 0 Å². The van der Waals surface area contributed by atoms with Crippen LogP contribution in [-0.4, -0.2) is 14.2 Å². The molecule has 0 bridgehead atoms. The molecule has 2 aromatic rings. The molecule has 0 saturated carbocycles. The van der Waals surface area contributed by atoms with E-state index in [-0.39, 0.29) is 5.56 Å². The lowest BCUT2D eigenvalue weighted by Crippen LogP contribution is -2.21. The average Bonchev–Trinajstić information content (AvgIpc) is 2.57. The highest BCUT2D eigenvalue weighted by molar-refractivity contribution is 5.42. The normalized spacial score (nSPS) is 10.6. The predicted octanol–water partition coefficient (Wildman–Crippen LogP) is 1.07. The molecule has 2 rings (SSSR count). The van der Waals surface area contributed by atoms with Crippen molar-refractivity contribution in [2.45, 2.75) is 13.5 Å². The first kappa shape index (κ1) is 8.74. The summed E-state index contributed by atoms with van der Waals surface area (Å²) >= 11 is 0. The minimum atomic E-state index is -0.0343. The van der Waals surface area contributed by atoms with Crippen molar-refractivity contribution in [3.63, 3.8) is 0 Å². The average molecular weight is 189 g/mol. The minimum absolute atomic E-state index is 0.0343. The number of nitrogens with zero attached hydrogens (tertiary/aromatic N) is 3. The number of hydrogen-bond donors (Lipinski definition) is 0. The van der Waals surface area contributed by atoms with Crippen LogP contribution in [0.3, 0.4) is 0 Å². The van der Waals surface area contributed by atoms with Crippen LogP contribution in [0, 0.1) is 0 Å². The highest BCUT2D eigenvalue weighted by atomic mass is 16.1. The molecule has 0 N–H and O–H groups in total. The van der Waals surface area contributed by atoms with Crippen LogP contribution in [0.1, 0.15) is 6.92 Å². The Labute approximate surface area is 81.1 Å². The molecular weight excluding hydrogens is 178 g/mol. The molecule has 0 amide bonds. The van der Waals surface area contributed by atoms with E-state index >= 15 is 0 Å². The fourth-order valence-electron chi connectivity index (χ4n) is 1.38. The number of aromatic nitrogens is 3. The minimum Gasteiger partial charge on any atom is -0.308 e. The summed E-state index contributed by atoms with van der Waals surface area (Å²) in [5.74, 6) is 0. The lowest BCUT2D eigenvalue weighted by atomic mass is 10.3. The van der Waals surface area contributed by atoms with Gasteiger partial charge in [0.05, 0.1) is 6.20 Å². The van der Waals surface area contributed by atoms with Crippen molar-refractivity contribution in [1.82, 2.24) is 14.2 Å². The molecule has 72 valence electrons. The van der Waals surface area contributed by atoms with E-state index in [9.17, 15) is 4.79 Å². The van der Waals surface area contributed by atoms with Crippen LogP contribution in [-0.2, 0) is 6.54 Å². The molecule has 0 fully saturated rings. The molecule has 2 aromatic heterocycles. The number of rotatable bonds is 2. The standard InChI is InChI=1S/C10H11N3O/c1-8(2)7-12-5-6-13-9(10(12)14)3-4-11-13/h3-6H,1,7H2,2H3. The van der Waals surface area contributed by atoms with E-state index in [1.54, 1.807) is 33.7 Å². The summed E-state index contributed by atoms with van der Waals surface area (Å²) in [6.45, 7) is 6.23. The molecule has 0 aliphatic rings. The summed E-state index contributed by atoms with van der Waals surface area (Å²) in [4.78, 5) is 11.8. The Morgan fingerprint density at radius 2 is 2.36 bits per heavy atom. The quantitative estimate of drug-likeness (QED) is 0.663. The topological polar surface area (TPSA) is 39.3 Å². The number of fused-ring (bicyclic) bond motifs is 1. The van der Waals surface area contributed by atoms with Crippen LogP contribution in [0.15, 0.2) is 41.6 Å². The summed E-state index contributed by atoms with van der Waals surface area (Å²) in [6, 6.07) is 1.71. The molecule has 2 heterocycles. The zero-order chi connectivity index (χ0) is 10.1. The van der Waals surface area contributed by atoms with Gasteiger partial charge < -0.3 is 4.57 Å². The van der Waals surface area contributed by atoms with Crippen LogP contribution >= 0.6 is 0 Å². The Balaban J connectivity index is 2.62. The van der Waals surface area contributed by atoms with Gasteiger partial charge in [-0.15, -0.1) is 0 Å². The lowest BCUT2D eigenvalue weighted by Gasteiger charge is -2.04. The first-order chi connectivity index (χ1) is 6.68. The molecule has 4 heteroatoms. The molecule has 4 nitrogen and oxygen atoms in total. The van der Waals surface area contributed by atoms with Crippen molar-refractivity contribution >= 4 is 5.52 Å². The summed E-state index contributed by atoms with van der Waals surface area (Å²) in [5, 5.41) is 3.98. The van der Waals surface area contributed by atoms with Crippen molar-refractivity contribution in [3.8, 4) is 0 Å². The first-order valence-corrected chi connectivity index (χ1v) is 4.35. The van der Waals surface area contributed by atoms with E-state index in [0.29, 0.717) is 12.1 Å². The van der Waals surface area contributed by atoms with E-state index in [0.717, 1.165) is 5.57 Å². The number of allylic oxidation sites excluding steroid dienone is 1. The second-order valence-corrected chi connectivity index (χ2v) is 3.35. The van der Waals surface area contributed by atoms with Crippen LogP contribution in [0.4, 0.5) is 0 Å². The van der Waals surface area contributed by atoms with E-state index < -0.39 is 0 Å². The third kappa shape index (κ3) is 1.35. The molecule has 0 unspecified atom stereocenters. The van der Waals surface area contributed by atoms with Crippen LogP contribution in [0.25, 0.3) is 5.52 Å². The van der Waals surface area contributed by atoms with Crippen LogP contribution in [0.2, 0.25) is 0 Å². The summed E-state index contributed by atoms with van der Waals surface area (Å²) in [5.41, 5.74) is 1.51. The summed E-state index contributed by atoms with van der Waals surface area (Å²) in [6.07, 6.45) is 5.10. The van der Waals surface area contributed by atoms with Gasteiger partial charge in [-0.25, -0.2) is 4.52 Å². The molecule has 0 aliphatic carbocycles. The zero-order valence-electron chi connectivity index (χ0n) is 7.97. The van der Waals surface area contributed by atoms with Crippen molar-refractivity contribution < 1.29 is 0 Å². The van der Waals surface area contributed by atoms with Gasteiger partial charge in [-0.3, -0.25) is 4.79 Å². The highest BCUT2D eigenvalue weighted by Crippen LogP contribution is 1.97. The Bertz CT molecular complexity index is 536. The fraction of sp³-hybridized carbons (Fsp3) is 0.200. The first-order valence-electron chi connectivity index (χ1n) is 4.35. The Morgan fingerprint density at radius 3 is 3.07 bits per heavy atom. The zero-order valence-corrected chi connectivity index (χ0v) is 7.97. The van der Waals surface area contributed by atoms with E-state index in [4.69, 9.17) is 0 Å². The second kappa shape index (κ2) is 3.14. The third-order valence-corrected chi connectivity index (χ3v) is 1.98. The van der Waals surface area contributed by atoms with E-state index in [2.05, 4.69) is 11.7 Å². The van der Waals surface area contributed by atoms with Crippen LogP contribution in [0.5, 0.6) is 0 Å². The van der Waals surface area contributed by atoms with Gasteiger partial charge in [-0.1, -0.05) is 12.2 Å². The van der Waals surface area contributed by atoms with Crippen molar-refractivity contribution in [2.24, 2.45) is 0 Å². The summed E-state index contributed by atoms with van der Waals surface area (Å²) < 4.78 is 3.19. The highest BCUT2D eigenvalue weighted by Gasteiger charge is 2.02. The predicted molar refractivity (Wildman–Crippen MR) is 54.3 cm³/mol. The maximum atomic E-state index is 11.8. The molecule has 0 aliphatic heterocycles. The maximum absolute atomic E-state index is 11.8. The van der Waals surface area contributed by atoms with E-state index in [1.807, 2.05) is 6.92 Å². The van der Waals surface area contributed by atoms with Crippen molar-refractivity contribution in [1.29, 1.82) is 0 Å². The van der Waals surface area contributed by atoms with Crippen molar-refractivity contribution in [3.05, 3.63) is 47.2 Å². The Kier molecular flexibility index (Phi) is 1.96. The molecule has 0 saturated heterocycles. The van der Waals surface area contributed by atoms with E-state index in [1.165, 1.54) is 0 Å². The molecular formula is C10H11N3O. The fourth-order valence-corrected chi connectivity index (χ4v) is 1.38. The van der Waals surface area contributed by atoms with Gasteiger partial charge in [0.2, 0.25) is 0 Å². The van der Waals surface area contributed by atoms with Gasteiger partial charge in [-0.2, -0.15) is 5.10 Å².